The third-order valence-corrected chi connectivity index (χ3v) is 7.36. The van der Waals surface area contributed by atoms with E-state index in [0.29, 0.717) is 37.8 Å². The van der Waals surface area contributed by atoms with Gasteiger partial charge in [0.1, 0.15) is 10.6 Å². The number of sulfonamides is 1. The van der Waals surface area contributed by atoms with Crippen LogP contribution in [0.15, 0.2) is 23.1 Å². The van der Waals surface area contributed by atoms with Crippen LogP contribution in [0.2, 0.25) is 0 Å². The first-order chi connectivity index (χ1) is 12.9. The van der Waals surface area contributed by atoms with E-state index in [1.807, 2.05) is 0 Å². The van der Waals surface area contributed by atoms with E-state index in [1.165, 1.54) is 23.9 Å². The minimum Gasteiger partial charge on any atom is -0.495 e. The lowest BCUT2D eigenvalue weighted by Crippen LogP contribution is -2.41. The predicted octanol–water partition coefficient (Wildman–Crippen LogP) is 2.02. The highest BCUT2D eigenvalue weighted by molar-refractivity contribution is 7.89. The third kappa shape index (κ3) is 4.44. The van der Waals surface area contributed by atoms with Crippen LogP contribution in [-0.4, -0.2) is 58.1 Å². The number of morpholine rings is 1. The van der Waals surface area contributed by atoms with E-state index in [1.54, 1.807) is 12.1 Å². The normalized spacial score (nSPS) is 24.4. The van der Waals surface area contributed by atoms with Gasteiger partial charge in [0.05, 0.1) is 20.3 Å². The Balaban J connectivity index is 1.85. The van der Waals surface area contributed by atoms with Gasteiger partial charge in [0.15, 0.2) is 0 Å². The summed E-state index contributed by atoms with van der Waals surface area (Å²) in [5.74, 6) is 0.427. The molecule has 27 heavy (non-hydrogen) atoms. The maximum atomic E-state index is 13.0. The summed E-state index contributed by atoms with van der Waals surface area (Å²) >= 11 is 0. The van der Waals surface area contributed by atoms with Crippen LogP contribution in [0.5, 0.6) is 5.75 Å². The highest BCUT2D eigenvalue weighted by Crippen LogP contribution is 2.29. The van der Waals surface area contributed by atoms with Gasteiger partial charge in [0.2, 0.25) is 10.0 Å². The van der Waals surface area contributed by atoms with Gasteiger partial charge in [-0.1, -0.05) is 19.8 Å². The molecule has 1 heterocycles. The lowest BCUT2D eigenvalue weighted by molar-refractivity contribution is 0.0729. The van der Waals surface area contributed by atoms with E-state index in [4.69, 9.17) is 9.47 Å². The van der Waals surface area contributed by atoms with Crippen LogP contribution in [-0.2, 0) is 14.8 Å². The molecule has 7 nitrogen and oxygen atoms in total. The quantitative estimate of drug-likeness (QED) is 0.823. The van der Waals surface area contributed by atoms with Crippen molar-refractivity contribution in [3.8, 4) is 5.75 Å². The minimum absolute atomic E-state index is 0.0243. The van der Waals surface area contributed by atoms with E-state index in [0.717, 1.165) is 19.3 Å². The van der Waals surface area contributed by atoms with Crippen LogP contribution in [0.25, 0.3) is 0 Å². The largest absolute Gasteiger partial charge is 0.495 e. The number of carbonyl (C=O) groups excluding carboxylic acids is 1. The van der Waals surface area contributed by atoms with Gasteiger partial charge in [-0.2, -0.15) is 4.31 Å². The number of ether oxygens (including phenoxy) is 2. The summed E-state index contributed by atoms with van der Waals surface area (Å²) in [6, 6.07) is 4.71. The van der Waals surface area contributed by atoms with Crippen molar-refractivity contribution in [2.24, 2.45) is 5.92 Å². The van der Waals surface area contributed by atoms with Crippen molar-refractivity contribution in [1.29, 1.82) is 0 Å². The van der Waals surface area contributed by atoms with Crippen molar-refractivity contribution in [3.05, 3.63) is 23.8 Å². The van der Waals surface area contributed by atoms with Crippen molar-refractivity contribution in [1.82, 2.24) is 9.62 Å². The molecule has 8 heteroatoms. The van der Waals surface area contributed by atoms with Gasteiger partial charge in [-0.25, -0.2) is 8.42 Å². The van der Waals surface area contributed by atoms with Gasteiger partial charge in [0.25, 0.3) is 5.91 Å². The maximum absolute atomic E-state index is 13.0. The number of nitrogens with one attached hydrogen (secondary N) is 1. The molecular weight excluding hydrogens is 368 g/mol. The molecule has 2 aliphatic rings. The van der Waals surface area contributed by atoms with E-state index in [9.17, 15) is 13.2 Å². The monoisotopic (exact) mass is 396 g/mol. The van der Waals surface area contributed by atoms with Crippen molar-refractivity contribution in [3.63, 3.8) is 0 Å². The first-order valence-corrected chi connectivity index (χ1v) is 10.9. The summed E-state index contributed by atoms with van der Waals surface area (Å²) in [4.78, 5) is 12.8. The fraction of sp³-hybridized carbons (Fsp3) is 0.632. The second kappa shape index (κ2) is 8.58. The smallest absolute Gasteiger partial charge is 0.251 e. The highest BCUT2D eigenvalue weighted by Gasteiger charge is 2.30. The molecule has 2 fully saturated rings. The molecule has 1 aromatic rings. The molecule has 0 bridgehead atoms. The van der Waals surface area contributed by atoms with E-state index in [2.05, 4.69) is 12.2 Å². The molecule has 1 aromatic carbocycles. The molecule has 1 saturated heterocycles. The van der Waals surface area contributed by atoms with E-state index < -0.39 is 10.0 Å². The Hall–Kier alpha value is -1.64. The van der Waals surface area contributed by atoms with Crippen LogP contribution in [0, 0.1) is 5.92 Å². The Kier molecular flexibility index (Phi) is 6.39. The Labute approximate surface area is 161 Å². The van der Waals surface area contributed by atoms with Crippen molar-refractivity contribution in [2.75, 3.05) is 33.4 Å². The van der Waals surface area contributed by atoms with Crippen LogP contribution >= 0.6 is 0 Å². The molecule has 0 radical (unpaired) electrons. The zero-order chi connectivity index (χ0) is 19.4. The Bertz CT molecular complexity index is 774. The van der Waals surface area contributed by atoms with Crippen molar-refractivity contribution >= 4 is 15.9 Å². The number of hydrogen-bond donors (Lipinski definition) is 1. The van der Waals surface area contributed by atoms with E-state index in [-0.39, 0.29) is 22.6 Å². The lowest BCUT2D eigenvalue weighted by Gasteiger charge is -2.29. The zero-order valence-electron chi connectivity index (χ0n) is 15.9. The van der Waals surface area contributed by atoms with Crippen LogP contribution in [0.3, 0.4) is 0 Å². The van der Waals surface area contributed by atoms with Crippen molar-refractivity contribution in [2.45, 2.75) is 43.5 Å². The van der Waals surface area contributed by atoms with Gasteiger partial charge in [-0.05, 0) is 37.0 Å². The Morgan fingerprint density at radius 3 is 2.59 bits per heavy atom. The molecule has 1 aliphatic heterocycles. The molecule has 150 valence electrons. The fourth-order valence-electron chi connectivity index (χ4n) is 3.73. The standard InChI is InChI=1S/C19H28N2O5S/c1-14-5-3-4-6-16(14)20-19(22)15-7-8-17(25-2)18(13-15)27(23,24)21-9-11-26-12-10-21/h7-8,13-14,16H,3-6,9-12H2,1-2H3,(H,20,22)/t14-,16-/m1/s1. The SMILES string of the molecule is COc1ccc(C(=O)N[C@@H]2CCCC[C@H]2C)cc1S(=O)(=O)N1CCOCC1. The Morgan fingerprint density at radius 1 is 1.22 bits per heavy atom. The summed E-state index contributed by atoms with van der Waals surface area (Å²) in [6.07, 6.45) is 4.36. The molecule has 2 atom stereocenters. The number of carbonyl (C=O) groups is 1. The summed E-state index contributed by atoms with van der Waals surface area (Å²) in [5, 5.41) is 3.07. The average Bonchev–Trinajstić information content (AvgIpc) is 2.69. The molecule has 1 amide bonds. The first-order valence-electron chi connectivity index (χ1n) is 9.50. The van der Waals surface area contributed by atoms with Gasteiger partial charge in [0, 0.05) is 24.7 Å². The van der Waals surface area contributed by atoms with Crippen molar-refractivity contribution < 1.29 is 22.7 Å². The average molecular weight is 397 g/mol. The van der Waals surface area contributed by atoms with E-state index >= 15 is 0 Å². The number of rotatable bonds is 5. The summed E-state index contributed by atoms with van der Waals surface area (Å²) in [5.41, 5.74) is 0.334. The van der Waals surface area contributed by atoms with Crippen LogP contribution in [0.4, 0.5) is 0 Å². The molecule has 0 unspecified atom stereocenters. The fourth-order valence-corrected chi connectivity index (χ4v) is 5.32. The molecule has 0 spiro atoms. The van der Waals surface area contributed by atoms with Gasteiger partial charge in [-0.3, -0.25) is 4.79 Å². The molecule has 1 aliphatic carbocycles. The number of benzene rings is 1. The van der Waals surface area contributed by atoms with Gasteiger partial charge >= 0.3 is 0 Å². The summed E-state index contributed by atoms with van der Waals surface area (Å²) < 4.78 is 38.0. The maximum Gasteiger partial charge on any atom is 0.251 e. The molecule has 3 rings (SSSR count). The topological polar surface area (TPSA) is 84.9 Å². The predicted molar refractivity (Wildman–Crippen MR) is 101 cm³/mol. The number of methoxy groups -OCH3 is 1. The highest BCUT2D eigenvalue weighted by atomic mass is 32.2. The first kappa shape index (κ1) is 20.1. The third-order valence-electron chi connectivity index (χ3n) is 5.44. The molecule has 1 N–H and O–H groups in total. The number of nitrogens with zero attached hydrogens (tertiary/aromatic N) is 1. The van der Waals surface area contributed by atoms with Crippen LogP contribution < -0.4 is 10.1 Å². The minimum atomic E-state index is -3.76. The summed E-state index contributed by atoms with van der Waals surface area (Å²) in [6.45, 7) is 3.46. The Morgan fingerprint density at radius 2 is 1.93 bits per heavy atom. The molecular formula is C19H28N2O5S. The zero-order valence-corrected chi connectivity index (χ0v) is 16.8. The molecule has 0 aromatic heterocycles. The number of amides is 1. The second-order valence-corrected chi connectivity index (χ2v) is 9.13. The summed E-state index contributed by atoms with van der Waals surface area (Å²) in [7, 11) is -2.33. The second-order valence-electron chi connectivity index (χ2n) is 7.22. The number of hydrogen-bond acceptors (Lipinski definition) is 5. The van der Waals surface area contributed by atoms with Gasteiger partial charge < -0.3 is 14.8 Å². The molecule has 1 saturated carbocycles. The lowest BCUT2D eigenvalue weighted by atomic mass is 9.86. The van der Waals surface area contributed by atoms with Gasteiger partial charge in [-0.15, -0.1) is 0 Å². The van der Waals surface area contributed by atoms with Crippen LogP contribution in [0.1, 0.15) is 43.0 Å².